The van der Waals surface area contributed by atoms with Gasteiger partial charge in [-0.25, -0.2) is 13.2 Å². The van der Waals surface area contributed by atoms with Gasteiger partial charge in [-0.1, -0.05) is 38.1 Å². The average Bonchev–Trinajstić information content (AvgIpc) is 2.58. The molecule has 0 spiro atoms. The van der Waals surface area contributed by atoms with E-state index in [4.69, 9.17) is 0 Å². The summed E-state index contributed by atoms with van der Waals surface area (Å²) in [6, 6.07) is 7.98. The molecule has 1 unspecified atom stereocenters. The van der Waals surface area contributed by atoms with Crippen LogP contribution in [0.3, 0.4) is 0 Å². The van der Waals surface area contributed by atoms with Crippen LogP contribution in [0.5, 0.6) is 0 Å². The Morgan fingerprint density at radius 1 is 0.923 bits per heavy atom. The Kier molecular flexibility index (Phi) is 6.38. The van der Waals surface area contributed by atoms with Crippen LogP contribution in [0, 0.1) is 23.4 Å². The first kappa shape index (κ1) is 19.5. The van der Waals surface area contributed by atoms with Crippen LogP contribution in [0.1, 0.15) is 29.8 Å². The maximum atomic E-state index is 13.7. The zero-order valence-corrected chi connectivity index (χ0v) is 14.4. The third kappa shape index (κ3) is 4.62. The van der Waals surface area contributed by atoms with E-state index < -0.39 is 40.9 Å². The molecular formula is C19H19F3N2O2. The second-order valence-electron chi connectivity index (χ2n) is 6.10. The summed E-state index contributed by atoms with van der Waals surface area (Å²) in [7, 11) is 0. The van der Waals surface area contributed by atoms with Crippen molar-refractivity contribution in [1.82, 2.24) is 10.6 Å². The predicted octanol–water partition coefficient (Wildman–Crippen LogP) is 3.17. The van der Waals surface area contributed by atoms with Crippen LogP contribution in [0.4, 0.5) is 13.2 Å². The lowest BCUT2D eigenvalue weighted by atomic mass is 10.0. The Labute approximate surface area is 149 Å². The summed E-state index contributed by atoms with van der Waals surface area (Å²) in [6.45, 7) is 3.27. The van der Waals surface area contributed by atoms with Gasteiger partial charge >= 0.3 is 0 Å². The highest BCUT2D eigenvalue weighted by Crippen LogP contribution is 2.13. The molecule has 2 N–H and O–H groups in total. The Hall–Kier alpha value is -2.83. The number of carbonyl (C=O) groups excluding carboxylic acids is 2. The first-order valence-corrected chi connectivity index (χ1v) is 8.07. The van der Waals surface area contributed by atoms with Crippen molar-refractivity contribution < 1.29 is 22.8 Å². The summed E-state index contributed by atoms with van der Waals surface area (Å²) in [5.41, 5.74) is -0.463. The summed E-state index contributed by atoms with van der Waals surface area (Å²) in [6.07, 6.45) is 0. The van der Waals surface area contributed by atoms with Gasteiger partial charge in [0, 0.05) is 12.1 Å². The van der Waals surface area contributed by atoms with Crippen LogP contribution in [0.15, 0.2) is 42.5 Å². The number of amides is 2. The number of hydrogen-bond donors (Lipinski definition) is 2. The van der Waals surface area contributed by atoms with Gasteiger partial charge in [-0.3, -0.25) is 9.59 Å². The van der Waals surface area contributed by atoms with Crippen molar-refractivity contribution in [2.24, 2.45) is 5.92 Å². The van der Waals surface area contributed by atoms with E-state index in [-0.39, 0.29) is 18.0 Å². The van der Waals surface area contributed by atoms with Crippen LogP contribution in [0.2, 0.25) is 0 Å². The van der Waals surface area contributed by atoms with E-state index in [1.165, 1.54) is 18.2 Å². The molecule has 0 aliphatic carbocycles. The van der Waals surface area contributed by atoms with E-state index in [2.05, 4.69) is 10.6 Å². The fraction of sp³-hybridized carbons (Fsp3) is 0.263. The maximum Gasteiger partial charge on any atom is 0.257 e. The molecule has 2 aromatic carbocycles. The van der Waals surface area contributed by atoms with Gasteiger partial charge < -0.3 is 10.6 Å². The van der Waals surface area contributed by atoms with Gasteiger partial charge in [0.25, 0.3) is 5.91 Å². The number of benzene rings is 2. The van der Waals surface area contributed by atoms with Crippen LogP contribution in [0.25, 0.3) is 0 Å². The van der Waals surface area contributed by atoms with E-state index in [1.54, 1.807) is 19.9 Å². The highest BCUT2D eigenvalue weighted by Gasteiger charge is 2.27. The van der Waals surface area contributed by atoms with E-state index >= 15 is 0 Å². The normalized spacial score (nSPS) is 11.9. The summed E-state index contributed by atoms with van der Waals surface area (Å²) < 4.78 is 41.1. The van der Waals surface area contributed by atoms with Crippen molar-refractivity contribution in [2.45, 2.75) is 26.4 Å². The Bertz CT molecular complexity index is 789. The lowest BCUT2D eigenvalue weighted by Crippen LogP contribution is -2.49. The molecule has 1 atom stereocenters. The summed E-state index contributed by atoms with van der Waals surface area (Å²) in [4.78, 5) is 24.6. The van der Waals surface area contributed by atoms with Gasteiger partial charge in [0.15, 0.2) is 0 Å². The molecule has 138 valence electrons. The van der Waals surface area contributed by atoms with Crippen molar-refractivity contribution in [2.75, 3.05) is 0 Å². The molecule has 0 aliphatic heterocycles. The lowest BCUT2D eigenvalue weighted by molar-refractivity contribution is -0.124. The van der Waals surface area contributed by atoms with Gasteiger partial charge in [-0.05, 0) is 24.1 Å². The molecule has 0 saturated heterocycles. The Balaban J connectivity index is 2.09. The number of nitrogens with one attached hydrogen (secondary N) is 2. The Morgan fingerprint density at radius 2 is 1.50 bits per heavy atom. The quantitative estimate of drug-likeness (QED) is 0.827. The minimum absolute atomic E-state index is 0.0708. The first-order chi connectivity index (χ1) is 12.3. The van der Waals surface area contributed by atoms with Gasteiger partial charge in [-0.2, -0.15) is 0 Å². The topological polar surface area (TPSA) is 58.2 Å². The average molecular weight is 364 g/mol. The first-order valence-electron chi connectivity index (χ1n) is 8.07. The standard InChI is InChI=1S/C19H19F3N2O2/c1-11(2)17(19(26)23-10-12-6-3-4-7-13(12)20)24-18(25)16-14(21)8-5-9-15(16)22/h3-9,11,17H,10H2,1-2H3,(H,23,26)(H,24,25). The second kappa shape index (κ2) is 8.51. The van der Waals surface area contributed by atoms with Crippen molar-refractivity contribution in [3.05, 3.63) is 71.0 Å². The SMILES string of the molecule is CC(C)C(NC(=O)c1c(F)cccc1F)C(=O)NCc1ccccc1F. The fourth-order valence-electron chi connectivity index (χ4n) is 2.40. The molecule has 2 aromatic rings. The third-order valence-electron chi connectivity index (χ3n) is 3.84. The molecule has 2 amide bonds. The van der Waals surface area contributed by atoms with Crippen molar-refractivity contribution in [3.63, 3.8) is 0 Å². The highest BCUT2D eigenvalue weighted by molar-refractivity contribution is 5.98. The van der Waals surface area contributed by atoms with E-state index in [1.807, 2.05) is 0 Å². The second-order valence-corrected chi connectivity index (χ2v) is 6.10. The van der Waals surface area contributed by atoms with E-state index in [9.17, 15) is 22.8 Å². The number of carbonyl (C=O) groups is 2. The summed E-state index contributed by atoms with van der Waals surface area (Å²) in [5.74, 6) is -4.46. The monoisotopic (exact) mass is 364 g/mol. The predicted molar refractivity (Wildman–Crippen MR) is 90.7 cm³/mol. The van der Waals surface area contributed by atoms with Gasteiger partial charge in [0.1, 0.15) is 29.1 Å². The third-order valence-corrected chi connectivity index (χ3v) is 3.84. The number of rotatable bonds is 6. The molecule has 0 heterocycles. The molecule has 0 aliphatic rings. The van der Waals surface area contributed by atoms with Crippen LogP contribution in [-0.4, -0.2) is 17.9 Å². The number of hydrogen-bond acceptors (Lipinski definition) is 2. The maximum absolute atomic E-state index is 13.7. The number of halogens is 3. The zero-order chi connectivity index (χ0) is 19.3. The molecule has 4 nitrogen and oxygen atoms in total. The lowest BCUT2D eigenvalue weighted by Gasteiger charge is -2.22. The van der Waals surface area contributed by atoms with Gasteiger partial charge in [-0.15, -0.1) is 0 Å². The van der Waals surface area contributed by atoms with Gasteiger partial charge in [0.2, 0.25) is 5.91 Å². The minimum Gasteiger partial charge on any atom is -0.350 e. The van der Waals surface area contributed by atoms with Gasteiger partial charge in [0.05, 0.1) is 0 Å². The summed E-state index contributed by atoms with van der Waals surface area (Å²) in [5, 5.41) is 4.87. The molecule has 7 heteroatoms. The molecule has 0 bridgehead atoms. The largest absolute Gasteiger partial charge is 0.350 e. The molecular weight excluding hydrogens is 345 g/mol. The van der Waals surface area contributed by atoms with Crippen molar-refractivity contribution in [3.8, 4) is 0 Å². The van der Waals surface area contributed by atoms with Crippen LogP contribution < -0.4 is 10.6 Å². The van der Waals surface area contributed by atoms with Crippen LogP contribution in [-0.2, 0) is 11.3 Å². The molecule has 0 radical (unpaired) electrons. The molecule has 26 heavy (non-hydrogen) atoms. The molecule has 0 saturated carbocycles. The van der Waals surface area contributed by atoms with Crippen molar-refractivity contribution >= 4 is 11.8 Å². The molecule has 0 aromatic heterocycles. The van der Waals surface area contributed by atoms with E-state index in [0.29, 0.717) is 0 Å². The van der Waals surface area contributed by atoms with E-state index in [0.717, 1.165) is 18.2 Å². The Morgan fingerprint density at radius 3 is 2.08 bits per heavy atom. The highest BCUT2D eigenvalue weighted by atomic mass is 19.1. The minimum atomic E-state index is -1.03. The molecule has 2 rings (SSSR count). The molecule has 0 fully saturated rings. The van der Waals surface area contributed by atoms with Crippen LogP contribution >= 0.6 is 0 Å². The summed E-state index contributed by atoms with van der Waals surface area (Å²) >= 11 is 0. The fourth-order valence-corrected chi connectivity index (χ4v) is 2.40. The zero-order valence-electron chi connectivity index (χ0n) is 14.4. The smallest absolute Gasteiger partial charge is 0.257 e. The van der Waals surface area contributed by atoms with Crippen molar-refractivity contribution in [1.29, 1.82) is 0 Å².